The third-order valence-electron chi connectivity index (χ3n) is 1.95. The minimum absolute atomic E-state index is 0.0350. The number of hydrogen-bond acceptors (Lipinski definition) is 3. The maximum Gasteiger partial charge on any atom is 0.160 e. The van der Waals surface area contributed by atoms with Gasteiger partial charge >= 0.3 is 0 Å². The lowest BCUT2D eigenvalue weighted by Crippen LogP contribution is -2.03. The van der Waals surface area contributed by atoms with E-state index in [1.807, 2.05) is 0 Å². The lowest BCUT2D eigenvalue weighted by Gasteiger charge is -2.06. The first-order chi connectivity index (χ1) is 7.52. The van der Waals surface area contributed by atoms with Crippen LogP contribution in [0.15, 0.2) is 23.4 Å². The molecule has 0 saturated heterocycles. The summed E-state index contributed by atoms with van der Waals surface area (Å²) in [7, 11) is 0. The molecule has 0 atom stereocenters. The topological polar surface area (TPSA) is 38.7 Å². The van der Waals surface area contributed by atoms with E-state index in [1.165, 1.54) is 19.1 Å². The first-order valence-electron chi connectivity index (χ1n) is 4.94. The molecule has 0 fully saturated rings. The number of halogens is 1. The zero-order valence-corrected chi connectivity index (χ0v) is 9.58. The third kappa shape index (κ3) is 3.15. The SMILES string of the molecule is CC(=O)c1cccc(F)c1CON=C(C)C. The predicted octanol–water partition coefficient (Wildman–Crippen LogP) is 2.94. The first kappa shape index (κ1) is 12.4. The number of ketones is 1. The fourth-order valence-corrected chi connectivity index (χ4v) is 1.26. The van der Waals surface area contributed by atoms with Gasteiger partial charge in [0.2, 0.25) is 0 Å². The van der Waals surface area contributed by atoms with Crippen molar-refractivity contribution in [3.8, 4) is 0 Å². The highest BCUT2D eigenvalue weighted by Crippen LogP contribution is 2.15. The Labute approximate surface area is 93.9 Å². The van der Waals surface area contributed by atoms with Crippen molar-refractivity contribution < 1.29 is 14.0 Å². The lowest BCUT2D eigenvalue weighted by molar-refractivity contribution is 0.0998. The summed E-state index contributed by atoms with van der Waals surface area (Å²) in [5.74, 6) is -0.632. The van der Waals surface area contributed by atoms with Gasteiger partial charge in [-0.3, -0.25) is 4.79 Å². The van der Waals surface area contributed by atoms with Crippen LogP contribution in [0.1, 0.15) is 36.7 Å². The second-order valence-electron chi connectivity index (χ2n) is 3.63. The standard InChI is InChI=1S/C12H14FNO2/c1-8(2)14-16-7-11-10(9(3)15)5-4-6-12(11)13/h4-6H,7H2,1-3H3. The Bertz CT molecular complexity index is 423. The van der Waals surface area contributed by atoms with Gasteiger partial charge in [-0.05, 0) is 26.8 Å². The number of hydrogen-bond donors (Lipinski definition) is 0. The van der Waals surface area contributed by atoms with Gasteiger partial charge in [0.05, 0.1) is 5.71 Å². The van der Waals surface area contributed by atoms with Crippen molar-refractivity contribution in [2.45, 2.75) is 27.4 Å². The molecule has 0 aliphatic rings. The van der Waals surface area contributed by atoms with Crippen LogP contribution in [0.4, 0.5) is 4.39 Å². The molecule has 0 spiro atoms. The molecule has 1 rings (SSSR count). The molecule has 4 heteroatoms. The zero-order valence-electron chi connectivity index (χ0n) is 9.58. The molecule has 0 unspecified atom stereocenters. The first-order valence-corrected chi connectivity index (χ1v) is 4.94. The minimum Gasteiger partial charge on any atom is -0.391 e. The number of rotatable bonds is 4. The molecule has 0 aliphatic heterocycles. The van der Waals surface area contributed by atoms with Crippen LogP contribution < -0.4 is 0 Å². The summed E-state index contributed by atoms with van der Waals surface area (Å²) in [6.07, 6.45) is 0. The molecule has 16 heavy (non-hydrogen) atoms. The molecule has 1 aromatic rings. The zero-order chi connectivity index (χ0) is 12.1. The summed E-state index contributed by atoms with van der Waals surface area (Å²) in [6, 6.07) is 4.38. The summed E-state index contributed by atoms with van der Waals surface area (Å²) >= 11 is 0. The van der Waals surface area contributed by atoms with Crippen molar-refractivity contribution in [2.75, 3.05) is 0 Å². The normalized spacial score (nSPS) is 9.75. The number of oxime groups is 1. The van der Waals surface area contributed by atoms with Crippen LogP contribution in [0.3, 0.4) is 0 Å². The van der Waals surface area contributed by atoms with Gasteiger partial charge < -0.3 is 4.84 Å². The van der Waals surface area contributed by atoms with Gasteiger partial charge in [0, 0.05) is 11.1 Å². The molecule has 86 valence electrons. The van der Waals surface area contributed by atoms with E-state index in [0.717, 1.165) is 5.71 Å². The largest absolute Gasteiger partial charge is 0.391 e. The predicted molar refractivity (Wildman–Crippen MR) is 60.0 cm³/mol. The molecule has 0 heterocycles. The van der Waals surface area contributed by atoms with Crippen LogP contribution >= 0.6 is 0 Å². The van der Waals surface area contributed by atoms with Crippen molar-refractivity contribution in [2.24, 2.45) is 5.16 Å². The van der Waals surface area contributed by atoms with E-state index in [4.69, 9.17) is 4.84 Å². The summed E-state index contributed by atoms with van der Waals surface area (Å²) in [5.41, 5.74) is 1.32. The highest BCUT2D eigenvalue weighted by molar-refractivity contribution is 5.95. The lowest BCUT2D eigenvalue weighted by atomic mass is 10.0. The van der Waals surface area contributed by atoms with E-state index >= 15 is 0 Å². The summed E-state index contributed by atoms with van der Waals surface area (Å²) in [4.78, 5) is 16.2. The second kappa shape index (κ2) is 5.39. The minimum atomic E-state index is -0.448. The average Bonchev–Trinajstić information content (AvgIpc) is 2.19. The Morgan fingerprint density at radius 3 is 2.62 bits per heavy atom. The van der Waals surface area contributed by atoms with E-state index in [-0.39, 0.29) is 18.0 Å². The number of nitrogens with zero attached hydrogens (tertiary/aromatic N) is 1. The molecule has 0 aliphatic carbocycles. The van der Waals surface area contributed by atoms with E-state index in [9.17, 15) is 9.18 Å². The van der Waals surface area contributed by atoms with Crippen molar-refractivity contribution in [1.82, 2.24) is 0 Å². The van der Waals surface area contributed by atoms with Gasteiger partial charge in [-0.15, -0.1) is 0 Å². The molecule has 0 radical (unpaired) electrons. The fraction of sp³-hybridized carbons (Fsp3) is 0.333. The monoisotopic (exact) mass is 223 g/mol. The van der Waals surface area contributed by atoms with E-state index in [1.54, 1.807) is 19.9 Å². The van der Waals surface area contributed by atoms with Crippen LogP contribution in [0.2, 0.25) is 0 Å². The van der Waals surface area contributed by atoms with Crippen molar-refractivity contribution >= 4 is 11.5 Å². The smallest absolute Gasteiger partial charge is 0.160 e. The molecule has 0 amide bonds. The molecule has 0 bridgehead atoms. The van der Waals surface area contributed by atoms with Crippen LogP contribution in [0.25, 0.3) is 0 Å². The molecule has 3 nitrogen and oxygen atoms in total. The van der Waals surface area contributed by atoms with Crippen molar-refractivity contribution in [3.05, 3.63) is 35.1 Å². The Morgan fingerprint density at radius 2 is 2.06 bits per heavy atom. The number of Topliss-reactive ketones (excluding diaryl/α,β-unsaturated/α-hetero) is 1. The molecular weight excluding hydrogens is 209 g/mol. The van der Waals surface area contributed by atoms with Crippen LogP contribution in [-0.4, -0.2) is 11.5 Å². The molecule has 0 N–H and O–H groups in total. The quantitative estimate of drug-likeness (QED) is 0.447. The van der Waals surface area contributed by atoms with Crippen molar-refractivity contribution in [3.63, 3.8) is 0 Å². The van der Waals surface area contributed by atoms with Gasteiger partial charge in [0.15, 0.2) is 5.78 Å². The number of carbonyl (C=O) groups excluding carboxylic acids is 1. The maximum atomic E-state index is 13.5. The van der Waals surface area contributed by atoms with Crippen LogP contribution in [0, 0.1) is 5.82 Å². The van der Waals surface area contributed by atoms with Gasteiger partial charge in [-0.1, -0.05) is 17.3 Å². The van der Waals surface area contributed by atoms with Gasteiger partial charge in [0.1, 0.15) is 12.4 Å². The van der Waals surface area contributed by atoms with E-state index < -0.39 is 5.82 Å². The Balaban J connectivity index is 2.93. The van der Waals surface area contributed by atoms with Crippen LogP contribution in [0.5, 0.6) is 0 Å². The summed E-state index contributed by atoms with van der Waals surface area (Å²) in [5, 5.41) is 3.70. The highest BCUT2D eigenvalue weighted by atomic mass is 19.1. The number of carbonyl (C=O) groups is 1. The maximum absolute atomic E-state index is 13.5. The van der Waals surface area contributed by atoms with Gasteiger partial charge in [-0.25, -0.2) is 4.39 Å². The molecule has 1 aromatic carbocycles. The third-order valence-corrected chi connectivity index (χ3v) is 1.95. The van der Waals surface area contributed by atoms with Gasteiger partial charge in [0.25, 0.3) is 0 Å². The molecular formula is C12H14FNO2. The molecule has 0 saturated carbocycles. The fourth-order valence-electron chi connectivity index (χ4n) is 1.26. The molecule has 0 aromatic heterocycles. The Hall–Kier alpha value is -1.71. The van der Waals surface area contributed by atoms with E-state index in [0.29, 0.717) is 5.56 Å². The van der Waals surface area contributed by atoms with Gasteiger partial charge in [-0.2, -0.15) is 0 Å². The highest BCUT2D eigenvalue weighted by Gasteiger charge is 2.12. The second-order valence-corrected chi connectivity index (χ2v) is 3.63. The Kier molecular flexibility index (Phi) is 4.17. The summed E-state index contributed by atoms with van der Waals surface area (Å²) < 4.78 is 13.5. The average molecular weight is 223 g/mol. The Morgan fingerprint density at radius 1 is 1.38 bits per heavy atom. The van der Waals surface area contributed by atoms with E-state index in [2.05, 4.69) is 5.16 Å². The number of benzene rings is 1. The van der Waals surface area contributed by atoms with Crippen molar-refractivity contribution in [1.29, 1.82) is 0 Å². The summed E-state index contributed by atoms with van der Waals surface area (Å²) in [6.45, 7) is 4.90. The van der Waals surface area contributed by atoms with Crippen LogP contribution in [-0.2, 0) is 11.4 Å².